The SMILES string of the molecule is CCc1cc(C(=O)NCCCOCCN)n(CC)n1. The molecule has 1 rings (SSSR count). The maximum atomic E-state index is 12.0. The van der Waals surface area contributed by atoms with E-state index in [-0.39, 0.29) is 5.91 Å². The number of rotatable bonds is 9. The first-order valence-electron chi connectivity index (χ1n) is 6.85. The van der Waals surface area contributed by atoms with Crippen molar-refractivity contribution < 1.29 is 9.53 Å². The summed E-state index contributed by atoms with van der Waals surface area (Å²) in [6.07, 6.45) is 1.62. The number of hydrogen-bond donors (Lipinski definition) is 2. The Kier molecular flexibility index (Phi) is 7.14. The lowest BCUT2D eigenvalue weighted by Crippen LogP contribution is -2.27. The number of aromatic nitrogens is 2. The highest BCUT2D eigenvalue weighted by molar-refractivity contribution is 5.92. The van der Waals surface area contributed by atoms with Crippen molar-refractivity contribution in [2.45, 2.75) is 33.2 Å². The van der Waals surface area contributed by atoms with Crippen molar-refractivity contribution >= 4 is 5.91 Å². The largest absolute Gasteiger partial charge is 0.380 e. The van der Waals surface area contributed by atoms with Gasteiger partial charge in [-0.25, -0.2) is 0 Å². The van der Waals surface area contributed by atoms with Gasteiger partial charge in [-0.2, -0.15) is 5.10 Å². The number of ether oxygens (including phenoxy) is 1. The first kappa shape index (κ1) is 15.7. The van der Waals surface area contributed by atoms with Crippen molar-refractivity contribution in [2.24, 2.45) is 5.73 Å². The average molecular weight is 268 g/mol. The van der Waals surface area contributed by atoms with Crippen LogP contribution in [0.4, 0.5) is 0 Å². The molecule has 0 aliphatic carbocycles. The van der Waals surface area contributed by atoms with E-state index in [0.717, 1.165) is 18.5 Å². The molecule has 0 unspecified atom stereocenters. The first-order valence-corrected chi connectivity index (χ1v) is 6.85. The predicted octanol–water partition coefficient (Wildman–Crippen LogP) is 0.561. The molecule has 0 aliphatic rings. The number of nitrogens with two attached hydrogens (primary N) is 1. The Labute approximate surface area is 114 Å². The first-order chi connectivity index (χ1) is 9.22. The number of carbonyl (C=O) groups excluding carboxylic acids is 1. The summed E-state index contributed by atoms with van der Waals surface area (Å²) in [5.74, 6) is -0.0760. The average Bonchev–Trinajstić information content (AvgIpc) is 2.86. The fourth-order valence-corrected chi connectivity index (χ4v) is 1.72. The van der Waals surface area contributed by atoms with Crippen LogP contribution in [0.5, 0.6) is 0 Å². The summed E-state index contributed by atoms with van der Waals surface area (Å²) in [5, 5.41) is 7.23. The minimum Gasteiger partial charge on any atom is -0.380 e. The van der Waals surface area contributed by atoms with Gasteiger partial charge in [0.15, 0.2) is 0 Å². The normalized spacial score (nSPS) is 10.7. The van der Waals surface area contributed by atoms with Gasteiger partial charge in [0.05, 0.1) is 12.3 Å². The summed E-state index contributed by atoms with van der Waals surface area (Å²) in [6, 6.07) is 1.85. The smallest absolute Gasteiger partial charge is 0.269 e. The van der Waals surface area contributed by atoms with Crippen LogP contribution in [0.1, 0.15) is 36.5 Å². The maximum absolute atomic E-state index is 12.0. The van der Waals surface area contributed by atoms with Gasteiger partial charge in [0.25, 0.3) is 5.91 Å². The summed E-state index contributed by atoms with van der Waals surface area (Å²) in [4.78, 5) is 12.0. The Bertz CT molecular complexity index is 390. The molecule has 0 fully saturated rings. The monoisotopic (exact) mass is 268 g/mol. The van der Waals surface area contributed by atoms with Gasteiger partial charge in [-0.3, -0.25) is 9.48 Å². The Morgan fingerprint density at radius 2 is 2.26 bits per heavy atom. The van der Waals surface area contributed by atoms with Gasteiger partial charge < -0.3 is 15.8 Å². The molecule has 0 saturated heterocycles. The van der Waals surface area contributed by atoms with Crippen LogP contribution in [-0.2, 0) is 17.7 Å². The fraction of sp³-hybridized carbons (Fsp3) is 0.692. The lowest BCUT2D eigenvalue weighted by Gasteiger charge is -2.06. The van der Waals surface area contributed by atoms with Crippen molar-refractivity contribution in [3.05, 3.63) is 17.5 Å². The van der Waals surface area contributed by atoms with E-state index in [1.54, 1.807) is 4.68 Å². The van der Waals surface area contributed by atoms with Gasteiger partial charge in [-0.05, 0) is 25.8 Å². The minimum atomic E-state index is -0.0760. The van der Waals surface area contributed by atoms with E-state index < -0.39 is 0 Å². The second-order valence-electron chi connectivity index (χ2n) is 4.20. The Morgan fingerprint density at radius 1 is 1.47 bits per heavy atom. The Hall–Kier alpha value is -1.40. The van der Waals surface area contributed by atoms with Crippen molar-refractivity contribution in [3.63, 3.8) is 0 Å². The van der Waals surface area contributed by atoms with Crippen LogP contribution in [0.25, 0.3) is 0 Å². The third-order valence-corrected chi connectivity index (χ3v) is 2.74. The molecule has 0 saturated carbocycles. The van der Waals surface area contributed by atoms with Crippen LogP contribution in [0.15, 0.2) is 6.07 Å². The number of hydrogen-bond acceptors (Lipinski definition) is 4. The van der Waals surface area contributed by atoms with Gasteiger partial charge in [-0.15, -0.1) is 0 Å². The summed E-state index contributed by atoms with van der Waals surface area (Å²) in [5.41, 5.74) is 6.88. The number of aryl methyl sites for hydroxylation is 2. The molecule has 3 N–H and O–H groups in total. The molecule has 19 heavy (non-hydrogen) atoms. The predicted molar refractivity (Wildman–Crippen MR) is 74.1 cm³/mol. The molecule has 6 heteroatoms. The highest BCUT2D eigenvalue weighted by atomic mass is 16.5. The molecule has 0 radical (unpaired) electrons. The standard InChI is InChI=1S/C13H24N4O2/c1-3-11-10-12(17(4-2)16-11)13(18)15-7-5-8-19-9-6-14/h10H,3-9,14H2,1-2H3,(H,15,18). The molecule has 6 nitrogen and oxygen atoms in total. The minimum absolute atomic E-state index is 0.0760. The van der Waals surface area contributed by atoms with Crippen LogP contribution < -0.4 is 11.1 Å². The van der Waals surface area contributed by atoms with Gasteiger partial charge in [0.2, 0.25) is 0 Å². The van der Waals surface area contributed by atoms with Crippen molar-refractivity contribution in [3.8, 4) is 0 Å². The van der Waals surface area contributed by atoms with E-state index in [2.05, 4.69) is 10.4 Å². The van der Waals surface area contributed by atoms with E-state index in [1.807, 2.05) is 19.9 Å². The van der Waals surface area contributed by atoms with Crippen LogP contribution in [0.3, 0.4) is 0 Å². The third-order valence-electron chi connectivity index (χ3n) is 2.74. The zero-order chi connectivity index (χ0) is 14.1. The van der Waals surface area contributed by atoms with Crippen LogP contribution >= 0.6 is 0 Å². The van der Waals surface area contributed by atoms with Gasteiger partial charge in [-0.1, -0.05) is 6.92 Å². The highest BCUT2D eigenvalue weighted by Crippen LogP contribution is 2.05. The van der Waals surface area contributed by atoms with Crippen LogP contribution in [0, 0.1) is 0 Å². The van der Waals surface area contributed by atoms with Gasteiger partial charge in [0, 0.05) is 26.2 Å². The molecule has 0 spiro atoms. The zero-order valence-electron chi connectivity index (χ0n) is 11.8. The van der Waals surface area contributed by atoms with E-state index in [0.29, 0.717) is 38.5 Å². The molecule has 0 aliphatic heterocycles. The molecule has 108 valence electrons. The molecule has 1 aromatic heterocycles. The third kappa shape index (κ3) is 5.00. The van der Waals surface area contributed by atoms with Crippen LogP contribution in [-0.4, -0.2) is 42.0 Å². The second kappa shape index (κ2) is 8.66. The lowest BCUT2D eigenvalue weighted by molar-refractivity contribution is 0.0932. The molecule has 1 aromatic rings. The van der Waals surface area contributed by atoms with E-state index in [9.17, 15) is 4.79 Å². The van der Waals surface area contributed by atoms with E-state index >= 15 is 0 Å². The number of nitrogens with one attached hydrogen (secondary N) is 1. The van der Waals surface area contributed by atoms with Gasteiger partial charge in [0.1, 0.15) is 5.69 Å². The Morgan fingerprint density at radius 3 is 2.89 bits per heavy atom. The summed E-state index contributed by atoms with van der Waals surface area (Å²) in [7, 11) is 0. The highest BCUT2D eigenvalue weighted by Gasteiger charge is 2.13. The molecule has 0 atom stereocenters. The topological polar surface area (TPSA) is 82.2 Å². The molecular formula is C13H24N4O2. The number of nitrogens with zero attached hydrogens (tertiary/aromatic N) is 2. The van der Waals surface area contributed by atoms with Crippen molar-refractivity contribution in [1.29, 1.82) is 0 Å². The Balaban J connectivity index is 2.38. The lowest BCUT2D eigenvalue weighted by atomic mass is 10.3. The molecule has 1 amide bonds. The quantitative estimate of drug-likeness (QED) is 0.641. The number of amides is 1. The zero-order valence-corrected chi connectivity index (χ0v) is 11.8. The van der Waals surface area contributed by atoms with Crippen LogP contribution in [0.2, 0.25) is 0 Å². The van der Waals surface area contributed by atoms with Crippen molar-refractivity contribution in [1.82, 2.24) is 15.1 Å². The fourth-order valence-electron chi connectivity index (χ4n) is 1.72. The molecule has 0 aromatic carbocycles. The second-order valence-corrected chi connectivity index (χ2v) is 4.20. The van der Waals surface area contributed by atoms with E-state index in [4.69, 9.17) is 10.5 Å². The van der Waals surface area contributed by atoms with Crippen molar-refractivity contribution in [2.75, 3.05) is 26.3 Å². The van der Waals surface area contributed by atoms with Gasteiger partial charge >= 0.3 is 0 Å². The molecule has 1 heterocycles. The molecular weight excluding hydrogens is 244 g/mol. The van der Waals surface area contributed by atoms with E-state index in [1.165, 1.54) is 0 Å². The maximum Gasteiger partial charge on any atom is 0.269 e. The molecule has 0 bridgehead atoms. The summed E-state index contributed by atoms with van der Waals surface area (Å²) in [6.45, 7) is 7.01. The summed E-state index contributed by atoms with van der Waals surface area (Å²) < 4.78 is 6.98. The number of carbonyl (C=O) groups is 1. The summed E-state index contributed by atoms with van der Waals surface area (Å²) >= 11 is 0.